The SMILES string of the molecule is c1ccc(Nc2cccc3c2oc2c(C4CCCCC4)cccc23)cc1. The molecule has 1 N–H and O–H groups in total. The van der Waals surface area contributed by atoms with Gasteiger partial charge in [-0.15, -0.1) is 0 Å². The molecule has 0 bridgehead atoms. The summed E-state index contributed by atoms with van der Waals surface area (Å²) in [7, 11) is 0. The van der Waals surface area contributed by atoms with Crippen molar-refractivity contribution in [3.8, 4) is 0 Å². The number of furan rings is 1. The maximum Gasteiger partial charge on any atom is 0.158 e. The van der Waals surface area contributed by atoms with Crippen LogP contribution in [0, 0.1) is 0 Å². The predicted octanol–water partition coefficient (Wildman–Crippen LogP) is 7.38. The number of hydrogen-bond acceptors (Lipinski definition) is 2. The fourth-order valence-electron chi connectivity index (χ4n) is 4.35. The van der Waals surface area contributed by atoms with Gasteiger partial charge in [-0.3, -0.25) is 0 Å². The van der Waals surface area contributed by atoms with E-state index >= 15 is 0 Å². The van der Waals surface area contributed by atoms with Gasteiger partial charge >= 0.3 is 0 Å². The van der Waals surface area contributed by atoms with Gasteiger partial charge in [0, 0.05) is 16.5 Å². The van der Waals surface area contributed by atoms with Crippen molar-refractivity contribution in [1.29, 1.82) is 0 Å². The topological polar surface area (TPSA) is 25.2 Å². The quantitative estimate of drug-likeness (QED) is 0.420. The highest BCUT2D eigenvalue weighted by Crippen LogP contribution is 2.41. The van der Waals surface area contributed by atoms with E-state index in [1.54, 1.807) is 0 Å². The Hall–Kier alpha value is -2.74. The van der Waals surface area contributed by atoms with Crippen LogP contribution in [-0.2, 0) is 0 Å². The lowest BCUT2D eigenvalue weighted by Gasteiger charge is -2.21. The lowest BCUT2D eigenvalue weighted by Crippen LogP contribution is -2.04. The summed E-state index contributed by atoms with van der Waals surface area (Å²) in [5.41, 5.74) is 5.53. The number of para-hydroxylation sites is 3. The molecule has 4 aromatic rings. The molecule has 3 aromatic carbocycles. The molecule has 1 aromatic heterocycles. The van der Waals surface area contributed by atoms with Gasteiger partial charge in [-0.05, 0) is 42.5 Å². The first kappa shape index (κ1) is 15.5. The standard InChI is InChI=1S/C24H23NO/c1-3-9-17(10-4-1)19-13-7-14-20-21-15-8-16-22(24(21)26-23(19)20)25-18-11-5-2-6-12-18/h2,5-8,11-17,25H,1,3-4,9-10H2. The molecule has 26 heavy (non-hydrogen) atoms. The Morgan fingerprint density at radius 1 is 0.692 bits per heavy atom. The zero-order chi connectivity index (χ0) is 17.3. The summed E-state index contributed by atoms with van der Waals surface area (Å²) in [6.07, 6.45) is 6.61. The van der Waals surface area contributed by atoms with Gasteiger partial charge in [0.25, 0.3) is 0 Å². The Balaban J connectivity index is 1.65. The average Bonchev–Trinajstić information content (AvgIpc) is 3.09. The maximum atomic E-state index is 6.48. The van der Waals surface area contributed by atoms with Crippen LogP contribution in [-0.4, -0.2) is 0 Å². The third-order valence-corrected chi connectivity index (χ3v) is 5.65. The molecule has 1 heterocycles. The van der Waals surface area contributed by atoms with Gasteiger partial charge < -0.3 is 9.73 Å². The van der Waals surface area contributed by atoms with Gasteiger partial charge in [0.15, 0.2) is 5.58 Å². The molecule has 0 amide bonds. The monoisotopic (exact) mass is 341 g/mol. The molecule has 1 aliphatic carbocycles. The van der Waals surface area contributed by atoms with Crippen LogP contribution < -0.4 is 5.32 Å². The first-order valence-corrected chi connectivity index (χ1v) is 9.66. The molecule has 0 unspecified atom stereocenters. The highest BCUT2D eigenvalue weighted by atomic mass is 16.3. The third-order valence-electron chi connectivity index (χ3n) is 5.65. The molecule has 0 aliphatic heterocycles. The van der Waals surface area contributed by atoms with Gasteiger partial charge in [0.2, 0.25) is 0 Å². The van der Waals surface area contributed by atoms with E-state index in [1.165, 1.54) is 48.4 Å². The lowest BCUT2D eigenvalue weighted by molar-refractivity contribution is 0.442. The summed E-state index contributed by atoms with van der Waals surface area (Å²) in [5, 5.41) is 5.94. The summed E-state index contributed by atoms with van der Waals surface area (Å²) in [6, 6.07) is 23.3. The van der Waals surface area contributed by atoms with Crippen LogP contribution in [0.5, 0.6) is 0 Å². The molecule has 1 aliphatic rings. The van der Waals surface area contributed by atoms with Crippen molar-refractivity contribution in [2.75, 3.05) is 5.32 Å². The zero-order valence-electron chi connectivity index (χ0n) is 14.9. The minimum absolute atomic E-state index is 0.638. The molecule has 2 heteroatoms. The smallest absolute Gasteiger partial charge is 0.158 e. The summed E-state index contributed by atoms with van der Waals surface area (Å²) < 4.78 is 6.48. The summed E-state index contributed by atoms with van der Waals surface area (Å²) in [4.78, 5) is 0. The van der Waals surface area contributed by atoms with Crippen LogP contribution in [0.2, 0.25) is 0 Å². The van der Waals surface area contributed by atoms with Crippen LogP contribution >= 0.6 is 0 Å². The van der Waals surface area contributed by atoms with E-state index < -0.39 is 0 Å². The Labute approximate surface area is 153 Å². The average molecular weight is 341 g/mol. The predicted molar refractivity (Wildman–Crippen MR) is 109 cm³/mol. The Morgan fingerprint density at radius 3 is 2.23 bits per heavy atom. The maximum absolute atomic E-state index is 6.48. The Kier molecular flexibility index (Phi) is 3.89. The van der Waals surface area contributed by atoms with Crippen molar-refractivity contribution >= 4 is 33.3 Å². The number of nitrogens with one attached hydrogen (secondary N) is 1. The molecular formula is C24H23NO. The Morgan fingerprint density at radius 2 is 1.42 bits per heavy atom. The second-order valence-corrected chi connectivity index (χ2v) is 7.33. The normalized spacial score (nSPS) is 15.5. The molecule has 130 valence electrons. The molecule has 5 rings (SSSR count). The molecule has 0 radical (unpaired) electrons. The molecule has 0 spiro atoms. The van der Waals surface area contributed by atoms with Gasteiger partial charge in [-0.2, -0.15) is 0 Å². The fraction of sp³-hybridized carbons (Fsp3) is 0.250. The second-order valence-electron chi connectivity index (χ2n) is 7.33. The largest absolute Gasteiger partial charge is 0.454 e. The third kappa shape index (κ3) is 2.66. The van der Waals surface area contributed by atoms with Gasteiger partial charge in [-0.25, -0.2) is 0 Å². The van der Waals surface area contributed by atoms with E-state index in [-0.39, 0.29) is 0 Å². The van der Waals surface area contributed by atoms with E-state index in [2.05, 4.69) is 53.8 Å². The Bertz CT molecular complexity index is 1040. The number of benzene rings is 3. The second kappa shape index (κ2) is 6.53. The van der Waals surface area contributed by atoms with Gasteiger partial charge in [-0.1, -0.05) is 67.8 Å². The zero-order valence-corrected chi connectivity index (χ0v) is 14.9. The van der Waals surface area contributed by atoms with Crippen LogP contribution in [0.3, 0.4) is 0 Å². The van der Waals surface area contributed by atoms with Crippen LogP contribution in [0.1, 0.15) is 43.6 Å². The molecule has 0 saturated heterocycles. The number of rotatable bonds is 3. The highest BCUT2D eigenvalue weighted by molar-refractivity contribution is 6.10. The van der Waals surface area contributed by atoms with Crippen molar-refractivity contribution in [2.24, 2.45) is 0 Å². The minimum Gasteiger partial charge on any atom is -0.454 e. The highest BCUT2D eigenvalue weighted by Gasteiger charge is 2.21. The molecule has 0 atom stereocenters. The van der Waals surface area contributed by atoms with Crippen molar-refractivity contribution < 1.29 is 4.42 Å². The first-order valence-electron chi connectivity index (χ1n) is 9.66. The summed E-state index contributed by atoms with van der Waals surface area (Å²) in [6.45, 7) is 0. The molecule has 1 saturated carbocycles. The number of hydrogen-bond donors (Lipinski definition) is 1. The fourth-order valence-corrected chi connectivity index (χ4v) is 4.35. The van der Waals surface area contributed by atoms with Crippen molar-refractivity contribution in [3.05, 3.63) is 72.3 Å². The van der Waals surface area contributed by atoms with E-state index in [0.717, 1.165) is 22.5 Å². The van der Waals surface area contributed by atoms with E-state index in [9.17, 15) is 0 Å². The van der Waals surface area contributed by atoms with Crippen LogP contribution in [0.15, 0.2) is 71.1 Å². The molecular weight excluding hydrogens is 318 g/mol. The summed E-state index contributed by atoms with van der Waals surface area (Å²) >= 11 is 0. The van der Waals surface area contributed by atoms with E-state index in [4.69, 9.17) is 4.42 Å². The first-order chi connectivity index (χ1) is 12.9. The van der Waals surface area contributed by atoms with Crippen molar-refractivity contribution in [1.82, 2.24) is 0 Å². The number of anilines is 2. The molecule has 2 nitrogen and oxygen atoms in total. The lowest BCUT2D eigenvalue weighted by atomic mass is 9.83. The van der Waals surface area contributed by atoms with Crippen molar-refractivity contribution in [2.45, 2.75) is 38.0 Å². The van der Waals surface area contributed by atoms with Crippen molar-refractivity contribution in [3.63, 3.8) is 0 Å². The molecule has 1 fully saturated rings. The summed E-state index contributed by atoms with van der Waals surface area (Å²) in [5.74, 6) is 0.638. The van der Waals surface area contributed by atoms with Crippen LogP contribution in [0.4, 0.5) is 11.4 Å². The van der Waals surface area contributed by atoms with E-state index in [0.29, 0.717) is 5.92 Å². The van der Waals surface area contributed by atoms with E-state index in [1.807, 2.05) is 18.2 Å². The number of fused-ring (bicyclic) bond motifs is 3. The van der Waals surface area contributed by atoms with Crippen LogP contribution in [0.25, 0.3) is 21.9 Å². The van der Waals surface area contributed by atoms with Gasteiger partial charge in [0.05, 0.1) is 5.69 Å². The minimum atomic E-state index is 0.638. The van der Waals surface area contributed by atoms with Gasteiger partial charge in [0.1, 0.15) is 5.58 Å².